The van der Waals surface area contributed by atoms with Gasteiger partial charge in [0, 0.05) is 4.90 Å². The van der Waals surface area contributed by atoms with Gasteiger partial charge in [-0.15, -0.1) is 0 Å². The van der Waals surface area contributed by atoms with Gasteiger partial charge in [-0.25, -0.2) is 0 Å². The summed E-state index contributed by atoms with van der Waals surface area (Å²) in [6.07, 6.45) is 0.935. The van der Waals surface area contributed by atoms with Crippen LogP contribution < -0.4 is 15.4 Å². The molecule has 4 rings (SSSR count). The number of hydrogen-bond acceptors (Lipinski definition) is 4. The Hall–Kier alpha value is -3.35. The van der Waals surface area contributed by atoms with E-state index in [4.69, 9.17) is 0 Å². The minimum absolute atomic E-state index is 0.170. The summed E-state index contributed by atoms with van der Waals surface area (Å²) in [5.41, 5.74) is 0.745. The van der Waals surface area contributed by atoms with Crippen LogP contribution in [-0.2, 0) is 9.59 Å². The van der Waals surface area contributed by atoms with E-state index in [1.54, 1.807) is 0 Å². The zero-order valence-corrected chi connectivity index (χ0v) is 19.3. The average molecular weight is 458 g/mol. The molecule has 5 nitrogen and oxygen atoms in total. The lowest BCUT2D eigenvalue weighted by atomic mass is 10.0. The third-order valence-corrected chi connectivity index (χ3v) is 6.17. The fourth-order valence-electron chi connectivity index (χ4n) is 3.68. The van der Waals surface area contributed by atoms with Crippen molar-refractivity contribution in [3.63, 3.8) is 0 Å². The predicted molar refractivity (Wildman–Crippen MR) is 136 cm³/mol. The van der Waals surface area contributed by atoms with Gasteiger partial charge in [0.2, 0.25) is 5.91 Å². The van der Waals surface area contributed by atoms with Crippen LogP contribution in [0.15, 0.2) is 89.8 Å². The van der Waals surface area contributed by atoms with Crippen molar-refractivity contribution in [2.24, 2.45) is 0 Å². The molecule has 3 N–H and O–H groups in total. The summed E-state index contributed by atoms with van der Waals surface area (Å²) < 4.78 is 2.93. The van der Waals surface area contributed by atoms with Crippen molar-refractivity contribution in [3.8, 4) is 0 Å². The molecule has 0 radical (unpaired) electrons. The Bertz CT molecular complexity index is 1270. The van der Waals surface area contributed by atoms with Crippen LogP contribution in [0.4, 0.5) is 0 Å². The van der Waals surface area contributed by atoms with E-state index in [0.717, 1.165) is 45.0 Å². The standard InChI is InChI=1S/C27H27N3O2S/c1-2-15-28-18-25(31)29-26(23-12-11-19-7-3-5-9-21(19)16-23)27(32)30-33-24-14-13-20-8-4-6-10-22(20)17-24/h3-14,16-17,26,28H,2,15,18H2,1H3,(H,29,31)(H,30,32). The fraction of sp³-hybridized carbons (Fsp3) is 0.185. The molecule has 0 aromatic heterocycles. The predicted octanol–water partition coefficient (Wildman–Crippen LogP) is 4.97. The summed E-state index contributed by atoms with van der Waals surface area (Å²) in [6.45, 7) is 2.96. The molecule has 33 heavy (non-hydrogen) atoms. The smallest absolute Gasteiger partial charge is 0.257 e. The van der Waals surface area contributed by atoms with Gasteiger partial charge in [0.15, 0.2) is 0 Å². The van der Waals surface area contributed by atoms with Gasteiger partial charge in [0.1, 0.15) is 6.04 Å². The van der Waals surface area contributed by atoms with Crippen molar-refractivity contribution < 1.29 is 9.59 Å². The minimum atomic E-state index is -0.793. The number of fused-ring (bicyclic) bond motifs is 2. The van der Waals surface area contributed by atoms with Gasteiger partial charge in [0.05, 0.1) is 6.54 Å². The number of rotatable bonds is 9. The number of nitrogens with one attached hydrogen (secondary N) is 3. The maximum atomic E-state index is 13.2. The van der Waals surface area contributed by atoms with Crippen LogP contribution in [0.5, 0.6) is 0 Å². The molecule has 168 valence electrons. The van der Waals surface area contributed by atoms with Crippen LogP contribution >= 0.6 is 11.9 Å². The van der Waals surface area contributed by atoms with Gasteiger partial charge < -0.3 is 10.6 Å². The van der Waals surface area contributed by atoms with E-state index in [-0.39, 0.29) is 18.4 Å². The summed E-state index contributed by atoms with van der Waals surface area (Å²) in [4.78, 5) is 26.7. The molecule has 1 atom stereocenters. The van der Waals surface area contributed by atoms with Crippen LogP contribution in [0.2, 0.25) is 0 Å². The Morgan fingerprint density at radius 3 is 2.15 bits per heavy atom. The summed E-state index contributed by atoms with van der Waals surface area (Å²) in [5, 5.41) is 10.3. The second-order valence-corrected chi connectivity index (χ2v) is 8.74. The molecule has 0 bridgehead atoms. The number of carbonyl (C=O) groups excluding carboxylic acids is 2. The third kappa shape index (κ3) is 5.92. The van der Waals surface area contributed by atoms with E-state index in [0.29, 0.717) is 0 Å². The molecular formula is C27H27N3O2S. The molecule has 4 aromatic rings. The first-order valence-corrected chi connectivity index (χ1v) is 11.9. The van der Waals surface area contributed by atoms with Crippen molar-refractivity contribution in [2.45, 2.75) is 24.3 Å². The SMILES string of the molecule is CCCNCC(=O)NC(C(=O)NSc1ccc2ccccc2c1)c1ccc2ccccc2c1. The Labute approximate surface area is 198 Å². The normalized spacial score (nSPS) is 11.9. The second kappa shape index (κ2) is 11.0. The second-order valence-electron chi connectivity index (χ2n) is 7.86. The largest absolute Gasteiger partial charge is 0.339 e. The van der Waals surface area contributed by atoms with Crippen molar-refractivity contribution in [1.82, 2.24) is 15.4 Å². The molecular weight excluding hydrogens is 430 g/mol. The summed E-state index contributed by atoms with van der Waals surface area (Å²) in [5.74, 6) is -0.486. The molecule has 0 spiro atoms. The van der Waals surface area contributed by atoms with Crippen LogP contribution in [0.3, 0.4) is 0 Å². The van der Waals surface area contributed by atoms with Crippen LogP contribution in [0.25, 0.3) is 21.5 Å². The van der Waals surface area contributed by atoms with Gasteiger partial charge in [-0.3, -0.25) is 14.3 Å². The maximum absolute atomic E-state index is 13.2. The Balaban J connectivity index is 1.52. The molecule has 0 aliphatic heterocycles. The highest BCUT2D eigenvalue weighted by molar-refractivity contribution is 7.98. The average Bonchev–Trinajstić information content (AvgIpc) is 2.85. The molecule has 6 heteroatoms. The molecule has 4 aromatic carbocycles. The van der Waals surface area contributed by atoms with E-state index in [1.165, 1.54) is 11.9 Å². The first-order chi connectivity index (χ1) is 16.1. The number of carbonyl (C=O) groups is 2. The van der Waals surface area contributed by atoms with Crippen LogP contribution in [-0.4, -0.2) is 24.9 Å². The highest BCUT2D eigenvalue weighted by atomic mass is 32.2. The van der Waals surface area contributed by atoms with Crippen molar-refractivity contribution in [3.05, 3.63) is 90.5 Å². The van der Waals surface area contributed by atoms with Gasteiger partial charge in [-0.1, -0.05) is 73.7 Å². The molecule has 0 saturated heterocycles. The van der Waals surface area contributed by atoms with Crippen molar-refractivity contribution >= 4 is 45.3 Å². The zero-order valence-electron chi connectivity index (χ0n) is 18.5. The summed E-state index contributed by atoms with van der Waals surface area (Å²) in [7, 11) is 0. The van der Waals surface area contributed by atoms with E-state index >= 15 is 0 Å². The van der Waals surface area contributed by atoms with E-state index in [9.17, 15) is 9.59 Å². The first-order valence-electron chi connectivity index (χ1n) is 11.1. The Kier molecular flexibility index (Phi) is 7.60. The molecule has 0 aliphatic carbocycles. The van der Waals surface area contributed by atoms with Gasteiger partial charge in [0.25, 0.3) is 5.91 Å². The maximum Gasteiger partial charge on any atom is 0.257 e. The monoisotopic (exact) mass is 457 g/mol. The minimum Gasteiger partial charge on any atom is -0.339 e. The van der Waals surface area contributed by atoms with Crippen LogP contribution in [0, 0.1) is 0 Å². The Morgan fingerprint density at radius 1 is 0.818 bits per heavy atom. The summed E-state index contributed by atoms with van der Waals surface area (Å²) >= 11 is 1.25. The molecule has 2 amide bonds. The highest BCUT2D eigenvalue weighted by Gasteiger charge is 2.23. The Morgan fingerprint density at radius 2 is 1.45 bits per heavy atom. The molecule has 1 unspecified atom stereocenters. The topological polar surface area (TPSA) is 70.2 Å². The van der Waals surface area contributed by atoms with Crippen LogP contribution in [0.1, 0.15) is 24.9 Å². The molecule has 0 aliphatic rings. The number of amides is 2. The first kappa shape index (κ1) is 22.8. The van der Waals surface area contributed by atoms with Gasteiger partial charge in [-0.05, 0) is 70.2 Å². The zero-order chi connectivity index (χ0) is 23.0. The van der Waals surface area contributed by atoms with Crippen molar-refractivity contribution in [1.29, 1.82) is 0 Å². The lowest BCUT2D eigenvalue weighted by Gasteiger charge is -2.19. The fourth-order valence-corrected chi connectivity index (χ4v) is 4.34. The quantitative estimate of drug-likeness (QED) is 0.245. The van der Waals surface area contributed by atoms with Crippen molar-refractivity contribution in [2.75, 3.05) is 13.1 Å². The molecule has 0 heterocycles. The molecule has 0 saturated carbocycles. The molecule has 0 fully saturated rings. The van der Waals surface area contributed by atoms with Gasteiger partial charge >= 0.3 is 0 Å². The van der Waals surface area contributed by atoms with E-state index in [1.807, 2.05) is 85.8 Å². The number of benzene rings is 4. The lowest BCUT2D eigenvalue weighted by molar-refractivity contribution is -0.127. The summed E-state index contributed by atoms with van der Waals surface area (Å²) in [6, 6.07) is 27.2. The highest BCUT2D eigenvalue weighted by Crippen LogP contribution is 2.24. The van der Waals surface area contributed by atoms with E-state index < -0.39 is 6.04 Å². The lowest BCUT2D eigenvalue weighted by Crippen LogP contribution is -2.42. The van der Waals surface area contributed by atoms with Gasteiger partial charge in [-0.2, -0.15) is 0 Å². The van der Waals surface area contributed by atoms with E-state index in [2.05, 4.69) is 21.4 Å². The number of hydrogen-bond donors (Lipinski definition) is 3. The third-order valence-electron chi connectivity index (χ3n) is 5.38.